The molecule has 182 valence electrons. The highest BCUT2D eigenvalue weighted by atomic mass is 16.5. The van der Waals surface area contributed by atoms with Crippen molar-refractivity contribution in [3.8, 4) is 40.0 Å². The van der Waals surface area contributed by atoms with Gasteiger partial charge in [-0.15, -0.1) is 0 Å². The smallest absolute Gasteiger partial charge is 0.412 e. The molecule has 1 N–H and O–H groups in total. The molecule has 0 unspecified atom stereocenters. The molecule has 10 heteroatoms. The SMILES string of the molecule is COC(=O)Nc1ccc(-n2cnc3c(C)cc(-c4nccnc4-c4ccc(C#N)c(OC)c4)cc32)cn1. The normalized spacial score (nSPS) is 10.6. The summed E-state index contributed by atoms with van der Waals surface area (Å²) in [4.78, 5) is 29.6. The fourth-order valence-corrected chi connectivity index (χ4v) is 4.08. The Labute approximate surface area is 212 Å². The van der Waals surface area contributed by atoms with Crippen molar-refractivity contribution in [1.82, 2.24) is 24.5 Å². The second kappa shape index (κ2) is 9.75. The first-order valence-electron chi connectivity index (χ1n) is 11.2. The topological polar surface area (TPSA) is 128 Å². The summed E-state index contributed by atoms with van der Waals surface area (Å²) < 4.78 is 11.9. The molecule has 0 atom stereocenters. The van der Waals surface area contributed by atoms with E-state index in [1.165, 1.54) is 14.2 Å². The van der Waals surface area contributed by atoms with Gasteiger partial charge in [-0.25, -0.2) is 14.8 Å². The molecule has 5 rings (SSSR count). The number of fused-ring (bicyclic) bond motifs is 1. The Morgan fingerprint density at radius 1 is 0.973 bits per heavy atom. The maximum Gasteiger partial charge on any atom is 0.412 e. The van der Waals surface area contributed by atoms with Gasteiger partial charge in [0.1, 0.15) is 24.0 Å². The largest absolute Gasteiger partial charge is 0.495 e. The average Bonchev–Trinajstić information content (AvgIpc) is 3.37. The van der Waals surface area contributed by atoms with Gasteiger partial charge >= 0.3 is 6.09 Å². The summed E-state index contributed by atoms with van der Waals surface area (Å²) in [5, 5.41) is 11.9. The van der Waals surface area contributed by atoms with E-state index in [4.69, 9.17) is 4.74 Å². The molecule has 0 aliphatic heterocycles. The van der Waals surface area contributed by atoms with Crippen LogP contribution in [0, 0.1) is 18.3 Å². The number of benzene rings is 2. The van der Waals surface area contributed by atoms with Gasteiger partial charge in [-0.1, -0.05) is 6.07 Å². The fraction of sp³-hybridized carbons (Fsp3) is 0.111. The van der Waals surface area contributed by atoms with E-state index < -0.39 is 6.09 Å². The van der Waals surface area contributed by atoms with E-state index in [0.717, 1.165) is 33.4 Å². The summed E-state index contributed by atoms with van der Waals surface area (Å²) in [7, 11) is 2.82. The number of nitriles is 1. The fourth-order valence-electron chi connectivity index (χ4n) is 4.08. The van der Waals surface area contributed by atoms with Crippen molar-refractivity contribution < 1.29 is 14.3 Å². The van der Waals surface area contributed by atoms with Crippen LogP contribution in [0.2, 0.25) is 0 Å². The highest BCUT2D eigenvalue weighted by Crippen LogP contribution is 2.34. The van der Waals surface area contributed by atoms with Crippen molar-refractivity contribution in [2.24, 2.45) is 0 Å². The lowest BCUT2D eigenvalue weighted by atomic mass is 10.0. The summed E-state index contributed by atoms with van der Waals surface area (Å²) in [6.45, 7) is 1.99. The Kier molecular flexibility index (Phi) is 6.18. The van der Waals surface area contributed by atoms with Gasteiger partial charge in [-0.3, -0.25) is 19.9 Å². The van der Waals surface area contributed by atoms with E-state index in [9.17, 15) is 10.1 Å². The lowest BCUT2D eigenvalue weighted by molar-refractivity contribution is 0.187. The molecule has 37 heavy (non-hydrogen) atoms. The Hall–Kier alpha value is -5.30. The van der Waals surface area contributed by atoms with Crippen LogP contribution in [0.15, 0.2) is 67.4 Å². The predicted octanol–water partition coefficient (Wildman–Crippen LogP) is 4.91. The zero-order valence-electron chi connectivity index (χ0n) is 20.3. The van der Waals surface area contributed by atoms with Crippen LogP contribution in [0.1, 0.15) is 11.1 Å². The first-order chi connectivity index (χ1) is 18.0. The molecule has 0 bridgehead atoms. The summed E-state index contributed by atoms with van der Waals surface area (Å²) in [6, 6.07) is 15.0. The number of hydrogen-bond acceptors (Lipinski definition) is 8. The maximum absolute atomic E-state index is 11.5. The quantitative estimate of drug-likeness (QED) is 0.367. The first-order valence-corrected chi connectivity index (χ1v) is 11.2. The number of hydrogen-bond donors (Lipinski definition) is 1. The lowest BCUT2D eigenvalue weighted by Crippen LogP contribution is -2.12. The molecule has 0 saturated carbocycles. The van der Waals surface area contributed by atoms with Gasteiger partial charge in [0.25, 0.3) is 0 Å². The number of ether oxygens (including phenoxy) is 2. The molecule has 5 aromatic rings. The molecule has 3 heterocycles. The number of nitrogens with one attached hydrogen (secondary N) is 1. The number of aromatic nitrogens is 5. The van der Waals surface area contributed by atoms with E-state index in [1.54, 1.807) is 43.1 Å². The third kappa shape index (κ3) is 4.41. The van der Waals surface area contributed by atoms with Crippen LogP contribution in [-0.4, -0.2) is 44.8 Å². The molecule has 0 fully saturated rings. The van der Waals surface area contributed by atoms with Gasteiger partial charge in [0.05, 0.1) is 54.1 Å². The van der Waals surface area contributed by atoms with Gasteiger partial charge in [0.2, 0.25) is 0 Å². The molecule has 2 aromatic carbocycles. The number of carbonyl (C=O) groups excluding carboxylic acids is 1. The molecule has 0 aliphatic rings. The summed E-state index contributed by atoms with van der Waals surface area (Å²) in [5.74, 6) is 0.845. The van der Waals surface area contributed by atoms with Crippen LogP contribution >= 0.6 is 0 Å². The first kappa shape index (κ1) is 23.4. The monoisotopic (exact) mass is 491 g/mol. The molecule has 0 aliphatic carbocycles. The average molecular weight is 492 g/mol. The van der Waals surface area contributed by atoms with Crippen molar-refractivity contribution in [2.45, 2.75) is 6.92 Å². The number of anilines is 1. The molecule has 0 spiro atoms. The Balaban J connectivity index is 1.60. The number of amides is 1. The number of nitrogens with zero attached hydrogens (tertiary/aromatic N) is 6. The number of methoxy groups -OCH3 is 2. The van der Waals surface area contributed by atoms with Crippen LogP contribution in [0.5, 0.6) is 5.75 Å². The predicted molar refractivity (Wildman–Crippen MR) is 137 cm³/mol. The van der Waals surface area contributed by atoms with Crippen molar-refractivity contribution in [1.29, 1.82) is 5.26 Å². The number of pyridine rings is 1. The van der Waals surface area contributed by atoms with Gasteiger partial charge in [-0.2, -0.15) is 5.26 Å². The van der Waals surface area contributed by atoms with Gasteiger partial charge in [0, 0.05) is 23.5 Å². The van der Waals surface area contributed by atoms with Gasteiger partial charge < -0.3 is 9.47 Å². The van der Waals surface area contributed by atoms with Crippen LogP contribution in [0.4, 0.5) is 10.6 Å². The minimum absolute atomic E-state index is 0.374. The number of aryl methyl sites for hydroxylation is 1. The van der Waals surface area contributed by atoms with Crippen molar-refractivity contribution in [3.05, 3.63) is 78.5 Å². The molecule has 3 aromatic heterocycles. The minimum Gasteiger partial charge on any atom is -0.495 e. The van der Waals surface area contributed by atoms with Crippen LogP contribution in [0.3, 0.4) is 0 Å². The number of rotatable bonds is 5. The van der Waals surface area contributed by atoms with Crippen molar-refractivity contribution in [3.63, 3.8) is 0 Å². The zero-order valence-corrected chi connectivity index (χ0v) is 20.3. The molecule has 1 amide bonds. The molecule has 0 radical (unpaired) electrons. The third-order valence-electron chi connectivity index (χ3n) is 5.85. The lowest BCUT2D eigenvalue weighted by Gasteiger charge is -2.12. The second-order valence-corrected chi connectivity index (χ2v) is 8.07. The Bertz CT molecular complexity index is 1670. The minimum atomic E-state index is -0.590. The Morgan fingerprint density at radius 3 is 2.43 bits per heavy atom. The zero-order chi connectivity index (χ0) is 25.9. The molecule has 0 saturated heterocycles. The van der Waals surface area contributed by atoms with E-state index >= 15 is 0 Å². The van der Waals surface area contributed by atoms with E-state index in [2.05, 4.69) is 36.1 Å². The summed E-state index contributed by atoms with van der Waals surface area (Å²) in [5.41, 5.74) is 6.86. The number of carbonyl (C=O) groups is 1. The van der Waals surface area contributed by atoms with Gasteiger partial charge in [0.15, 0.2) is 0 Å². The highest BCUT2D eigenvalue weighted by molar-refractivity contribution is 5.89. The Morgan fingerprint density at radius 2 is 1.76 bits per heavy atom. The highest BCUT2D eigenvalue weighted by Gasteiger charge is 2.16. The van der Waals surface area contributed by atoms with E-state index in [-0.39, 0.29) is 0 Å². The van der Waals surface area contributed by atoms with Crippen molar-refractivity contribution >= 4 is 22.9 Å². The summed E-state index contributed by atoms with van der Waals surface area (Å²) >= 11 is 0. The molecular weight excluding hydrogens is 470 g/mol. The van der Waals surface area contributed by atoms with E-state index in [0.29, 0.717) is 28.5 Å². The van der Waals surface area contributed by atoms with E-state index in [1.807, 2.05) is 35.8 Å². The van der Waals surface area contributed by atoms with Gasteiger partial charge in [-0.05, 0) is 48.9 Å². The van der Waals surface area contributed by atoms with Crippen LogP contribution in [-0.2, 0) is 4.74 Å². The maximum atomic E-state index is 11.5. The second-order valence-electron chi connectivity index (χ2n) is 8.07. The van der Waals surface area contributed by atoms with Crippen LogP contribution < -0.4 is 10.1 Å². The molecule has 10 nitrogen and oxygen atoms in total. The molecular formula is C27H21N7O3. The number of imidazole rings is 1. The van der Waals surface area contributed by atoms with Crippen molar-refractivity contribution in [2.75, 3.05) is 19.5 Å². The summed E-state index contributed by atoms with van der Waals surface area (Å²) in [6.07, 6.45) is 6.07. The standard InChI is InChI=1S/C27H21N7O3/c1-16-10-19(26-25(29-8-9-30-26)17-4-5-18(13-28)22(12-17)36-2)11-21-24(16)32-15-34(21)20-6-7-23(31-14-20)33-27(35)37-3/h4-12,14-15H,1-3H3,(H,31,33,35). The third-order valence-corrected chi connectivity index (χ3v) is 5.85. The van der Waals surface area contributed by atoms with Crippen LogP contribution in [0.25, 0.3) is 39.2 Å².